The molecule has 0 bridgehead atoms. The first-order chi connectivity index (χ1) is 14.9. The summed E-state index contributed by atoms with van der Waals surface area (Å²) >= 11 is 0. The van der Waals surface area contributed by atoms with Gasteiger partial charge in [-0.05, 0) is 45.4 Å². The first-order valence-electron chi connectivity index (χ1n) is 11.1. The number of hydrogen-bond acceptors (Lipinski definition) is 5. The fraction of sp³-hybridized carbons (Fsp3) is 0.542. The van der Waals surface area contributed by atoms with Crippen LogP contribution >= 0.6 is 24.0 Å². The Bertz CT molecular complexity index is 845. The molecule has 1 aromatic carbocycles. The molecule has 178 valence electrons. The number of aryl methyl sites for hydroxylation is 2. The van der Waals surface area contributed by atoms with Gasteiger partial charge in [-0.3, -0.25) is 4.90 Å². The predicted octanol–water partition coefficient (Wildman–Crippen LogP) is 3.35. The zero-order valence-electron chi connectivity index (χ0n) is 19.6. The summed E-state index contributed by atoms with van der Waals surface area (Å²) in [7, 11) is 0. The lowest BCUT2D eigenvalue weighted by Crippen LogP contribution is -2.46. The van der Waals surface area contributed by atoms with Crippen LogP contribution in [0.2, 0.25) is 0 Å². The predicted molar refractivity (Wildman–Crippen MR) is 139 cm³/mol. The molecule has 3 rings (SSSR count). The molecule has 2 aromatic rings. The lowest BCUT2D eigenvalue weighted by atomic mass is 10.0. The number of rotatable bonds is 8. The van der Waals surface area contributed by atoms with Gasteiger partial charge >= 0.3 is 0 Å². The van der Waals surface area contributed by atoms with E-state index in [1.54, 1.807) is 13.0 Å². The van der Waals surface area contributed by atoms with Crippen molar-refractivity contribution in [2.24, 2.45) is 4.99 Å². The van der Waals surface area contributed by atoms with Crippen LogP contribution in [-0.2, 0) is 10.3 Å². The molecule has 2 heterocycles. The zero-order chi connectivity index (χ0) is 22.3. The van der Waals surface area contributed by atoms with Crippen molar-refractivity contribution in [3.8, 4) is 0 Å². The molecule has 0 spiro atoms. The molecule has 7 nitrogen and oxygen atoms in total. The Hall–Kier alpha value is -1.62. The molecular formula is C24H37IN4O3. The van der Waals surface area contributed by atoms with Crippen molar-refractivity contribution in [1.82, 2.24) is 15.5 Å². The highest BCUT2D eigenvalue weighted by molar-refractivity contribution is 14.0. The Kier molecular flexibility index (Phi) is 10.5. The van der Waals surface area contributed by atoms with Crippen molar-refractivity contribution in [2.45, 2.75) is 39.3 Å². The molecule has 0 saturated carbocycles. The summed E-state index contributed by atoms with van der Waals surface area (Å²) in [5.74, 6) is 1.97. The summed E-state index contributed by atoms with van der Waals surface area (Å²) in [6.45, 7) is 12.7. The third-order valence-electron chi connectivity index (χ3n) is 5.57. The van der Waals surface area contributed by atoms with Crippen LogP contribution in [0.5, 0.6) is 0 Å². The highest BCUT2D eigenvalue weighted by Gasteiger charge is 2.27. The molecule has 0 aliphatic carbocycles. The van der Waals surface area contributed by atoms with E-state index in [0.29, 0.717) is 18.3 Å². The average molecular weight is 556 g/mol. The van der Waals surface area contributed by atoms with E-state index in [9.17, 15) is 5.11 Å². The normalized spacial score (nSPS) is 17.8. The summed E-state index contributed by atoms with van der Waals surface area (Å²) in [4.78, 5) is 7.09. The Balaban J connectivity index is 0.00000363. The van der Waals surface area contributed by atoms with Crippen LogP contribution in [0, 0.1) is 13.8 Å². The molecule has 0 radical (unpaired) electrons. The summed E-state index contributed by atoms with van der Waals surface area (Å²) in [5.41, 5.74) is 1.36. The van der Waals surface area contributed by atoms with E-state index in [1.165, 1.54) is 11.1 Å². The van der Waals surface area contributed by atoms with Crippen molar-refractivity contribution in [3.05, 3.63) is 59.0 Å². The lowest BCUT2D eigenvalue weighted by Gasteiger charge is -2.35. The van der Waals surface area contributed by atoms with Crippen LogP contribution in [0.4, 0.5) is 0 Å². The van der Waals surface area contributed by atoms with Crippen LogP contribution in [0.1, 0.15) is 42.5 Å². The van der Waals surface area contributed by atoms with Gasteiger partial charge in [-0.25, -0.2) is 4.99 Å². The minimum atomic E-state index is -1.17. The first-order valence-corrected chi connectivity index (χ1v) is 11.1. The van der Waals surface area contributed by atoms with Crippen molar-refractivity contribution >= 4 is 29.9 Å². The zero-order valence-corrected chi connectivity index (χ0v) is 21.9. The van der Waals surface area contributed by atoms with Crippen LogP contribution in [-0.4, -0.2) is 61.9 Å². The highest BCUT2D eigenvalue weighted by Crippen LogP contribution is 2.24. The van der Waals surface area contributed by atoms with Crippen LogP contribution in [0.15, 0.2) is 45.8 Å². The van der Waals surface area contributed by atoms with Gasteiger partial charge in [0.25, 0.3) is 0 Å². The van der Waals surface area contributed by atoms with E-state index in [0.717, 1.165) is 38.6 Å². The van der Waals surface area contributed by atoms with E-state index in [-0.39, 0.29) is 36.6 Å². The van der Waals surface area contributed by atoms with Crippen molar-refractivity contribution in [1.29, 1.82) is 0 Å². The van der Waals surface area contributed by atoms with Crippen molar-refractivity contribution in [3.63, 3.8) is 0 Å². The Morgan fingerprint density at radius 3 is 2.41 bits per heavy atom. The van der Waals surface area contributed by atoms with Crippen LogP contribution in [0.3, 0.4) is 0 Å². The molecule has 1 saturated heterocycles. The second-order valence-electron chi connectivity index (χ2n) is 8.34. The van der Waals surface area contributed by atoms with Gasteiger partial charge in [-0.1, -0.05) is 29.8 Å². The number of hydrogen-bond donors (Lipinski definition) is 3. The number of furan rings is 1. The minimum Gasteiger partial charge on any atom is -0.463 e. The summed E-state index contributed by atoms with van der Waals surface area (Å²) < 4.78 is 11.2. The van der Waals surface area contributed by atoms with Gasteiger partial charge in [-0.15, -0.1) is 24.0 Å². The number of benzene rings is 1. The Labute approximate surface area is 208 Å². The topological polar surface area (TPSA) is 82.3 Å². The number of nitrogens with one attached hydrogen (secondary N) is 2. The summed E-state index contributed by atoms with van der Waals surface area (Å²) in [5, 5.41) is 17.6. The van der Waals surface area contributed by atoms with E-state index < -0.39 is 5.60 Å². The minimum absolute atomic E-state index is 0. The van der Waals surface area contributed by atoms with E-state index in [2.05, 4.69) is 51.7 Å². The molecule has 2 unspecified atom stereocenters. The number of ether oxygens (including phenoxy) is 1. The van der Waals surface area contributed by atoms with E-state index in [4.69, 9.17) is 9.15 Å². The summed E-state index contributed by atoms with van der Waals surface area (Å²) in [6, 6.07) is 12.6. The molecule has 3 N–H and O–H groups in total. The maximum Gasteiger partial charge on any atom is 0.191 e. The van der Waals surface area contributed by atoms with Gasteiger partial charge in [0.05, 0.1) is 25.8 Å². The largest absolute Gasteiger partial charge is 0.463 e. The molecule has 32 heavy (non-hydrogen) atoms. The lowest BCUT2D eigenvalue weighted by molar-refractivity contribution is 0.0169. The molecular weight excluding hydrogens is 519 g/mol. The third kappa shape index (κ3) is 7.47. The van der Waals surface area contributed by atoms with Gasteiger partial charge in [0, 0.05) is 26.2 Å². The Morgan fingerprint density at radius 2 is 1.81 bits per heavy atom. The van der Waals surface area contributed by atoms with Gasteiger partial charge < -0.3 is 24.9 Å². The van der Waals surface area contributed by atoms with Crippen LogP contribution in [0.25, 0.3) is 0 Å². The van der Waals surface area contributed by atoms with Gasteiger partial charge in [0.1, 0.15) is 17.1 Å². The van der Waals surface area contributed by atoms with Gasteiger partial charge in [0.2, 0.25) is 0 Å². The molecule has 0 amide bonds. The third-order valence-corrected chi connectivity index (χ3v) is 5.57. The quantitative estimate of drug-likeness (QED) is 0.263. The van der Waals surface area contributed by atoms with Crippen LogP contribution < -0.4 is 10.6 Å². The summed E-state index contributed by atoms with van der Waals surface area (Å²) in [6.07, 6.45) is 0. The number of guanidine groups is 1. The SMILES string of the molecule is CCNC(=NCC(C)(O)c1ccc(C)o1)NCC(c1ccc(C)cc1)N1CCOCC1.I. The average Bonchev–Trinajstić information content (AvgIpc) is 3.21. The molecule has 1 aliphatic heterocycles. The first kappa shape index (κ1) is 26.6. The fourth-order valence-electron chi connectivity index (χ4n) is 3.71. The monoisotopic (exact) mass is 556 g/mol. The maximum atomic E-state index is 10.8. The van der Waals surface area contributed by atoms with Crippen molar-refractivity contribution < 1.29 is 14.3 Å². The maximum absolute atomic E-state index is 10.8. The molecule has 1 aliphatic rings. The van der Waals surface area contributed by atoms with Gasteiger partial charge in [0.15, 0.2) is 5.96 Å². The Morgan fingerprint density at radius 1 is 1.12 bits per heavy atom. The van der Waals surface area contributed by atoms with E-state index in [1.807, 2.05) is 19.9 Å². The highest BCUT2D eigenvalue weighted by atomic mass is 127. The van der Waals surface area contributed by atoms with Crippen molar-refractivity contribution in [2.75, 3.05) is 45.9 Å². The molecule has 8 heteroatoms. The number of morpholine rings is 1. The molecule has 2 atom stereocenters. The van der Waals surface area contributed by atoms with Gasteiger partial charge in [-0.2, -0.15) is 0 Å². The molecule has 1 fully saturated rings. The molecule has 1 aromatic heterocycles. The number of aliphatic hydroxyl groups is 1. The number of aliphatic imine (C=N–C) groups is 1. The fourth-order valence-corrected chi connectivity index (χ4v) is 3.71. The number of halogens is 1. The second-order valence-corrected chi connectivity index (χ2v) is 8.34. The smallest absolute Gasteiger partial charge is 0.191 e. The standard InChI is InChI=1S/C24H36N4O3.HI/c1-5-25-23(27-17-24(4,29)22-11-8-19(3)31-22)26-16-21(28-12-14-30-15-13-28)20-9-6-18(2)7-10-20;/h6-11,21,29H,5,12-17H2,1-4H3,(H2,25,26,27);1H. The second kappa shape index (κ2) is 12.6. The van der Waals surface area contributed by atoms with E-state index >= 15 is 0 Å². The number of nitrogens with zero attached hydrogens (tertiary/aromatic N) is 2.